The lowest BCUT2D eigenvalue weighted by Crippen LogP contribution is -2.43. The molecule has 3 aliphatic rings. The first kappa shape index (κ1) is 24.6. The van der Waals surface area contributed by atoms with Crippen molar-refractivity contribution in [2.24, 2.45) is 17.3 Å². The Morgan fingerprint density at radius 2 is 1.48 bits per heavy atom. The van der Waals surface area contributed by atoms with Gasteiger partial charge in [0.1, 0.15) is 0 Å². The lowest BCUT2D eigenvalue weighted by atomic mass is 9.70. The molecule has 0 bridgehead atoms. The molecule has 0 radical (unpaired) electrons. The Hall–Kier alpha value is -1.55. The maximum Gasteiger partial charge on any atom is 0.254 e. The van der Waals surface area contributed by atoms with Crippen LogP contribution in [-0.2, 0) is 19.7 Å². The Morgan fingerprint density at radius 1 is 0.939 bits per heavy atom. The molecule has 10 heteroatoms. The Kier molecular flexibility index (Phi) is 6.63. The summed E-state index contributed by atoms with van der Waals surface area (Å²) in [7, 11) is -6.60. The summed E-state index contributed by atoms with van der Waals surface area (Å²) in [5, 5.41) is 2.54. The minimum Gasteiger partial charge on any atom is -0.351 e. The number of nitrogens with one attached hydrogen (secondary N) is 1. The highest BCUT2D eigenvalue weighted by molar-refractivity contribution is 7.92. The highest BCUT2D eigenvalue weighted by Gasteiger charge is 2.44. The van der Waals surface area contributed by atoms with Crippen LogP contribution in [-0.4, -0.2) is 56.5 Å². The lowest BCUT2D eigenvalue weighted by Gasteiger charge is -2.40. The zero-order valence-electron chi connectivity index (χ0n) is 19.8. The van der Waals surface area contributed by atoms with Crippen molar-refractivity contribution in [1.82, 2.24) is 15.3 Å². The molecule has 0 unspecified atom stereocenters. The summed E-state index contributed by atoms with van der Waals surface area (Å²) in [5.41, 5.74) is 0.903. The number of amides is 1. The van der Waals surface area contributed by atoms with Crippen LogP contribution in [0.25, 0.3) is 0 Å². The summed E-state index contributed by atoms with van der Waals surface area (Å²) in [4.78, 5) is 21.1. The molecule has 3 saturated carbocycles. The molecule has 0 spiro atoms. The van der Waals surface area contributed by atoms with Gasteiger partial charge in [0.15, 0.2) is 9.84 Å². The van der Waals surface area contributed by atoms with Gasteiger partial charge in [-0.05, 0) is 76.0 Å². The van der Waals surface area contributed by atoms with Crippen molar-refractivity contribution < 1.29 is 21.6 Å². The van der Waals surface area contributed by atoms with Crippen molar-refractivity contribution >= 4 is 25.6 Å². The number of hydrogen-bond donors (Lipinski definition) is 1. The smallest absolute Gasteiger partial charge is 0.254 e. The van der Waals surface area contributed by atoms with Crippen LogP contribution in [0.5, 0.6) is 0 Å². The van der Waals surface area contributed by atoms with Crippen LogP contribution in [0, 0.1) is 31.1 Å². The normalized spacial score (nSPS) is 26.2. The predicted molar refractivity (Wildman–Crippen MR) is 125 cm³/mol. The van der Waals surface area contributed by atoms with Crippen LogP contribution in [0.2, 0.25) is 0 Å². The molecule has 1 amide bonds. The largest absolute Gasteiger partial charge is 0.351 e. The minimum atomic E-state index is -3.56. The summed E-state index contributed by atoms with van der Waals surface area (Å²) >= 11 is 0. The maximum atomic E-state index is 13.0. The van der Waals surface area contributed by atoms with Crippen LogP contribution in [0.1, 0.15) is 79.5 Å². The second-order valence-corrected chi connectivity index (χ2v) is 14.9. The van der Waals surface area contributed by atoms with Gasteiger partial charge >= 0.3 is 0 Å². The van der Waals surface area contributed by atoms with Crippen LogP contribution in [0.3, 0.4) is 0 Å². The van der Waals surface area contributed by atoms with Crippen molar-refractivity contribution in [1.29, 1.82) is 0 Å². The van der Waals surface area contributed by atoms with E-state index in [4.69, 9.17) is 0 Å². The molecule has 8 nitrogen and oxygen atoms in total. The Morgan fingerprint density at radius 3 is 1.97 bits per heavy atom. The van der Waals surface area contributed by atoms with E-state index in [1.54, 1.807) is 13.8 Å². The van der Waals surface area contributed by atoms with Crippen molar-refractivity contribution in [2.75, 3.05) is 18.6 Å². The first-order valence-corrected chi connectivity index (χ1v) is 15.5. The Balaban J connectivity index is 1.44. The number of sulfone groups is 2. The molecule has 3 fully saturated rings. The van der Waals surface area contributed by atoms with E-state index >= 15 is 0 Å². The predicted octanol–water partition coefficient (Wildman–Crippen LogP) is 2.78. The fourth-order valence-corrected chi connectivity index (χ4v) is 8.06. The molecule has 1 N–H and O–H groups in total. The molecule has 0 saturated heterocycles. The second kappa shape index (κ2) is 8.91. The van der Waals surface area contributed by atoms with Gasteiger partial charge < -0.3 is 5.32 Å². The highest BCUT2D eigenvalue weighted by atomic mass is 32.2. The molecule has 0 aliphatic heterocycles. The maximum absolute atomic E-state index is 13.0. The van der Waals surface area contributed by atoms with Gasteiger partial charge in [-0.3, -0.25) is 4.79 Å². The van der Waals surface area contributed by atoms with Gasteiger partial charge in [0.25, 0.3) is 5.91 Å². The zero-order chi connectivity index (χ0) is 24.0. The third kappa shape index (κ3) is 5.93. The van der Waals surface area contributed by atoms with E-state index < -0.39 is 19.7 Å². The van der Waals surface area contributed by atoms with E-state index in [0.717, 1.165) is 38.4 Å². The van der Waals surface area contributed by atoms with E-state index in [9.17, 15) is 21.6 Å². The van der Waals surface area contributed by atoms with Crippen LogP contribution >= 0.6 is 0 Å². The summed E-state index contributed by atoms with van der Waals surface area (Å²) in [6.45, 7) is 3.73. The molecule has 1 aromatic heterocycles. The molecule has 3 aliphatic carbocycles. The molecular weight excluding hydrogens is 462 g/mol. The second-order valence-electron chi connectivity index (χ2n) is 10.6. The van der Waals surface area contributed by atoms with Gasteiger partial charge in [-0.2, -0.15) is 0 Å². The Labute approximate surface area is 197 Å². The van der Waals surface area contributed by atoms with E-state index in [1.807, 2.05) is 0 Å². The van der Waals surface area contributed by atoms with Gasteiger partial charge in [-0.25, -0.2) is 26.8 Å². The number of aryl methyl sites for hydroxylation is 2. The van der Waals surface area contributed by atoms with Crippen molar-refractivity contribution in [3.8, 4) is 0 Å². The summed E-state index contributed by atoms with van der Waals surface area (Å²) in [5.74, 6) is 1.08. The summed E-state index contributed by atoms with van der Waals surface area (Å²) in [6.07, 6.45) is 9.50. The quantitative estimate of drug-likeness (QED) is 0.520. The molecule has 1 aromatic rings. The Bertz CT molecular complexity index is 1110. The first-order chi connectivity index (χ1) is 15.4. The van der Waals surface area contributed by atoms with Crippen LogP contribution in [0.4, 0.5) is 0 Å². The van der Waals surface area contributed by atoms with Gasteiger partial charge in [-0.15, -0.1) is 0 Å². The first-order valence-electron chi connectivity index (χ1n) is 11.9. The number of carbonyl (C=O) groups is 1. The van der Waals surface area contributed by atoms with Crippen molar-refractivity contribution in [2.45, 2.75) is 82.0 Å². The average Bonchev–Trinajstić information content (AvgIpc) is 3.63. The number of nitrogens with zero attached hydrogens (tertiary/aromatic N) is 2. The molecule has 4 rings (SSSR count). The topological polar surface area (TPSA) is 123 Å². The average molecular weight is 498 g/mol. The van der Waals surface area contributed by atoms with Gasteiger partial charge in [0, 0.05) is 12.8 Å². The monoisotopic (exact) mass is 497 g/mol. The van der Waals surface area contributed by atoms with E-state index in [-0.39, 0.29) is 21.7 Å². The van der Waals surface area contributed by atoms with Crippen LogP contribution in [0.15, 0.2) is 5.16 Å². The van der Waals surface area contributed by atoms with E-state index in [1.165, 1.54) is 12.8 Å². The third-order valence-electron chi connectivity index (χ3n) is 7.52. The van der Waals surface area contributed by atoms with Crippen molar-refractivity contribution in [3.05, 3.63) is 17.0 Å². The molecule has 0 aromatic carbocycles. The summed E-state index contributed by atoms with van der Waals surface area (Å²) < 4.78 is 49.1. The van der Waals surface area contributed by atoms with Gasteiger partial charge in [-0.1, -0.05) is 12.8 Å². The molecular formula is C23H35N3O5S2. The number of aromatic nitrogens is 2. The summed E-state index contributed by atoms with van der Waals surface area (Å²) in [6, 6.07) is 0. The standard InChI is InChI=1S/C23H35N3O5S2/c1-15-20(16(2)26-22(25-15)32(3,28)29)21(27)24-14-23(12-17-4-5-17)10-8-19(9-11-23)33(30,31)13-18-6-7-18/h17-19H,4-14H2,1-3H3,(H,24,27). The molecule has 0 atom stereocenters. The van der Waals surface area contributed by atoms with E-state index in [0.29, 0.717) is 53.9 Å². The molecule has 184 valence electrons. The van der Waals surface area contributed by atoms with E-state index in [2.05, 4.69) is 15.3 Å². The van der Waals surface area contributed by atoms with Crippen LogP contribution < -0.4 is 5.32 Å². The third-order valence-corrected chi connectivity index (χ3v) is 10.8. The number of hydrogen-bond acceptors (Lipinski definition) is 7. The zero-order valence-corrected chi connectivity index (χ0v) is 21.4. The molecule has 33 heavy (non-hydrogen) atoms. The SMILES string of the molecule is Cc1nc(S(C)(=O)=O)nc(C)c1C(=O)NCC1(CC2CC2)CCC(S(=O)(=O)CC2CC2)CC1. The fourth-order valence-electron chi connectivity index (χ4n) is 5.24. The highest BCUT2D eigenvalue weighted by Crippen LogP contribution is 2.48. The number of rotatable bonds is 9. The fraction of sp³-hybridized carbons (Fsp3) is 0.783. The van der Waals surface area contributed by atoms with Gasteiger partial charge in [0.2, 0.25) is 15.0 Å². The minimum absolute atomic E-state index is 0.0855. The molecule has 1 heterocycles. The number of carbonyl (C=O) groups excluding carboxylic acids is 1. The lowest BCUT2D eigenvalue weighted by molar-refractivity contribution is 0.0893. The van der Waals surface area contributed by atoms with Crippen molar-refractivity contribution in [3.63, 3.8) is 0 Å². The van der Waals surface area contributed by atoms with Gasteiger partial charge in [0.05, 0.1) is 28.0 Å².